The van der Waals surface area contributed by atoms with Crippen LogP contribution in [-0.4, -0.2) is 55.5 Å². The molecule has 21 heavy (non-hydrogen) atoms. The quantitative estimate of drug-likeness (QED) is 0.793. The van der Waals surface area contributed by atoms with Gasteiger partial charge < -0.3 is 4.90 Å². The minimum atomic E-state index is -3.11. The minimum Gasteiger partial charge on any atom is -0.342 e. The molecule has 2 fully saturated rings. The monoisotopic (exact) mass is 316 g/mol. The van der Waals surface area contributed by atoms with E-state index < -0.39 is 10.0 Å². The van der Waals surface area contributed by atoms with E-state index in [0.29, 0.717) is 32.4 Å². The second-order valence-corrected chi connectivity index (χ2v) is 8.59. The third-order valence-corrected chi connectivity index (χ3v) is 6.83. The highest BCUT2D eigenvalue weighted by Gasteiger charge is 2.33. The highest BCUT2D eigenvalue weighted by atomic mass is 32.2. The van der Waals surface area contributed by atoms with Gasteiger partial charge in [0, 0.05) is 32.1 Å². The predicted octanol–water partition coefficient (Wildman–Crippen LogP) is 1.70. The Labute approximate surface area is 128 Å². The van der Waals surface area contributed by atoms with E-state index in [0.717, 1.165) is 31.8 Å². The van der Waals surface area contributed by atoms with Crippen LogP contribution >= 0.6 is 0 Å². The summed E-state index contributed by atoms with van der Waals surface area (Å²) in [6, 6.07) is 0. The molecule has 122 valence electrons. The van der Waals surface area contributed by atoms with Gasteiger partial charge in [-0.3, -0.25) is 4.79 Å². The molecule has 0 aromatic heterocycles. The molecular weight excluding hydrogens is 288 g/mol. The highest BCUT2D eigenvalue weighted by Crippen LogP contribution is 2.24. The van der Waals surface area contributed by atoms with E-state index in [9.17, 15) is 13.2 Å². The van der Waals surface area contributed by atoms with Crippen LogP contribution in [0.1, 0.15) is 46.0 Å². The Morgan fingerprint density at radius 1 is 1.05 bits per heavy atom. The molecule has 5 nitrogen and oxygen atoms in total. The summed E-state index contributed by atoms with van der Waals surface area (Å²) in [6.07, 6.45) is 4.18. The van der Waals surface area contributed by atoms with Crippen molar-refractivity contribution >= 4 is 15.9 Å². The number of sulfonamides is 1. The number of rotatable bonds is 4. The minimum absolute atomic E-state index is 0.0199. The van der Waals surface area contributed by atoms with Crippen LogP contribution in [0, 0.1) is 11.8 Å². The number of hydrogen-bond donors (Lipinski definition) is 0. The second-order valence-electron chi connectivity index (χ2n) is 6.50. The van der Waals surface area contributed by atoms with Gasteiger partial charge in [-0.2, -0.15) is 0 Å². The van der Waals surface area contributed by atoms with Crippen molar-refractivity contribution in [1.82, 2.24) is 9.21 Å². The molecule has 0 radical (unpaired) electrons. The lowest BCUT2D eigenvalue weighted by atomic mass is 9.93. The number of nitrogens with zero attached hydrogens (tertiary/aromatic N) is 2. The number of hydrogen-bond acceptors (Lipinski definition) is 3. The van der Waals surface area contributed by atoms with E-state index in [4.69, 9.17) is 0 Å². The summed E-state index contributed by atoms with van der Waals surface area (Å²) in [4.78, 5) is 14.5. The lowest BCUT2D eigenvalue weighted by Crippen LogP contribution is -2.46. The van der Waals surface area contributed by atoms with Gasteiger partial charge in [0.25, 0.3) is 0 Å². The van der Waals surface area contributed by atoms with Gasteiger partial charge in [-0.05, 0) is 38.0 Å². The van der Waals surface area contributed by atoms with Crippen molar-refractivity contribution < 1.29 is 13.2 Å². The molecule has 0 bridgehead atoms. The zero-order chi connectivity index (χ0) is 15.5. The first kappa shape index (κ1) is 16.7. The molecule has 0 spiro atoms. The van der Waals surface area contributed by atoms with E-state index in [1.165, 1.54) is 0 Å². The van der Waals surface area contributed by atoms with Gasteiger partial charge in [0.05, 0.1) is 5.75 Å². The van der Waals surface area contributed by atoms with Gasteiger partial charge in [-0.1, -0.05) is 13.8 Å². The molecule has 0 saturated carbocycles. The van der Waals surface area contributed by atoms with Gasteiger partial charge in [0.1, 0.15) is 0 Å². The van der Waals surface area contributed by atoms with Gasteiger partial charge >= 0.3 is 0 Å². The van der Waals surface area contributed by atoms with Crippen LogP contribution in [0.3, 0.4) is 0 Å². The van der Waals surface area contributed by atoms with Crippen LogP contribution in [0.2, 0.25) is 0 Å². The standard InChI is InChI=1S/C15H28N2O3S/c1-3-12-21(19,20)17-10-6-14(7-11-17)15(18)16-8-4-13(2)5-9-16/h13-14H,3-12H2,1-2H3. The lowest BCUT2D eigenvalue weighted by molar-refractivity contribution is -0.138. The van der Waals surface area contributed by atoms with Crippen LogP contribution in [0.4, 0.5) is 0 Å². The molecule has 2 saturated heterocycles. The summed E-state index contributed by atoms with van der Waals surface area (Å²) in [5.41, 5.74) is 0. The van der Waals surface area contributed by atoms with Crippen LogP contribution in [-0.2, 0) is 14.8 Å². The first-order valence-corrected chi connectivity index (χ1v) is 9.81. The Morgan fingerprint density at radius 3 is 2.14 bits per heavy atom. The maximum Gasteiger partial charge on any atom is 0.225 e. The number of carbonyl (C=O) groups excluding carboxylic acids is 1. The highest BCUT2D eigenvalue weighted by molar-refractivity contribution is 7.89. The van der Waals surface area contributed by atoms with E-state index in [1.54, 1.807) is 4.31 Å². The van der Waals surface area contributed by atoms with Gasteiger partial charge in [0.2, 0.25) is 15.9 Å². The molecule has 6 heteroatoms. The molecule has 0 N–H and O–H groups in total. The Balaban J connectivity index is 1.85. The van der Waals surface area contributed by atoms with Crippen molar-refractivity contribution in [2.75, 3.05) is 31.9 Å². The van der Waals surface area contributed by atoms with Crippen LogP contribution in [0.15, 0.2) is 0 Å². The fourth-order valence-corrected chi connectivity index (χ4v) is 4.80. The maximum atomic E-state index is 12.5. The number of likely N-dealkylation sites (tertiary alicyclic amines) is 1. The molecule has 2 heterocycles. The first-order valence-electron chi connectivity index (χ1n) is 8.20. The van der Waals surface area contributed by atoms with Crippen molar-refractivity contribution in [1.29, 1.82) is 0 Å². The van der Waals surface area contributed by atoms with Crippen molar-refractivity contribution in [2.45, 2.75) is 46.0 Å². The fraction of sp³-hybridized carbons (Fsp3) is 0.933. The molecule has 2 aliphatic rings. The number of carbonyl (C=O) groups is 1. The third kappa shape index (κ3) is 4.19. The Kier molecular flexibility index (Phi) is 5.66. The van der Waals surface area contributed by atoms with Crippen LogP contribution in [0.25, 0.3) is 0 Å². The van der Waals surface area contributed by atoms with E-state index in [-0.39, 0.29) is 17.6 Å². The summed E-state index contributed by atoms with van der Waals surface area (Å²) in [5.74, 6) is 1.20. The average Bonchev–Trinajstić information content (AvgIpc) is 2.47. The molecule has 0 aromatic carbocycles. The molecule has 0 aliphatic carbocycles. The fourth-order valence-electron chi connectivity index (χ4n) is 3.26. The SMILES string of the molecule is CCCS(=O)(=O)N1CCC(C(=O)N2CCC(C)CC2)CC1. The Bertz CT molecular complexity index is 448. The van der Waals surface area contributed by atoms with Crippen molar-refractivity contribution in [2.24, 2.45) is 11.8 Å². The summed E-state index contributed by atoms with van der Waals surface area (Å²) in [6.45, 7) is 6.86. The third-order valence-electron chi connectivity index (χ3n) is 4.75. The zero-order valence-electron chi connectivity index (χ0n) is 13.3. The number of amides is 1. The van der Waals surface area contributed by atoms with Crippen LogP contribution < -0.4 is 0 Å². The molecule has 2 rings (SSSR count). The topological polar surface area (TPSA) is 57.7 Å². The molecule has 0 aromatic rings. The lowest BCUT2D eigenvalue weighted by Gasteiger charge is -2.36. The summed E-state index contributed by atoms with van der Waals surface area (Å²) >= 11 is 0. The molecule has 0 unspecified atom stereocenters. The molecule has 0 atom stereocenters. The maximum absolute atomic E-state index is 12.5. The largest absolute Gasteiger partial charge is 0.342 e. The Morgan fingerprint density at radius 2 is 1.62 bits per heavy atom. The second kappa shape index (κ2) is 7.09. The van der Waals surface area contributed by atoms with Gasteiger partial charge in [-0.25, -0.2) is 12.7 Å². The smallest absolute Gasteiger partial charge is 0.225 e. The molecule has 1 amide bonds. The number of piperidine rings is 2. The van der Waals surface area contributed by atoms with Gasteiger partial charge in [-0.15, -0.1) is 0 Å². The normalized spacial score (nSPS) is 23.4. The summed E-state index contributed by atoms with van der Waals surface area (Å²) in [5, 5.41) is 0. The predicted molar refractivity (Wildman–Crippen MR) is 83.4 cm³/mol. The average molecular weight is 316 g/mol. The van der Waals surface area contributed by atoms with Crippen molar-refractivity contribution in [3.05, 3.63) is 0 Å². The Hall–Kier alpha value is -0.620. The first-order chi connectivity index (χ1) is 9.94. The molecule has 2 aliphatic heterocycles. The van der Waals surface area contributed by atoms with E-state index in [1.807, 2.05) is 11.8 Å². The summed E-state index contributed by atoms with van der Waals surface area (Å²) in [7, 11) is -3.11. The zero-order valence-corrected chi connectivity index (χ0v) is 14.1. The van der Waals surface area contributed by atoms with Gasteiger partial charge in [0.15, 0.2) is 0 Å². The van der Waals surface area contributed by atoms with Crippen molar-refractivity contribution in [3.8, 4) is 0 Å². The molecular formula is C15H28N2O3S. The van der Waals surface area contributed by atoms with Crippen molar-refractivity contribution in [3.63, 3.8) is 0 Å². The van der Waals surface area contributed by atoms with Crippen LogP contribution in [0.5, 0.6) is 0 Å². The van der Waals surface area contributed by atoms with E-state index >= 15 is 0 Å². The summed E-state index contributed by atoms with van der Waals surface area (Å²) < 4.78 is 25.6. The van der Waals surface area contributed by atoms with E-state index in [2.05, 4.69) is 6.92 Å².